The van der Waals surface area contributed by atoms with Crippen molar-refractivity contribution in [2.45, 2.75) is 38.9 Å². The van der Waals surface area contributed by atoms with Crippen LogP contribution in [0.1, 0.15) is 29.8 Å². The Morgan fingerprint density at radius 3 is 2.88 bits per heavy atom. The van der Waals surface area contributed by atoms with E-state index in [2.05, 4.69) is 32.9 Å². The second-order valence-corrected chi connectivity index (χ2v) is 6.10. The van der Waals surface area contributed by atoms with Crippen LogP contribution in [0.3, 0.4) is 0 Å². The molecule has 0 aliphatic carbocycles. The van der Waals surface area contributed by atoms with Crippen LogP contribution in [0.15, 0.2) is 28.8 Å². The van der Waals surface area contributed by atoms with Gasteiger partial charge in [0.2, 0.25) is 5.89 Å². The van der Waals surface area contributed by atoms with Gasteiger partial charge in [-0.15, -0.1) is 12.4 Å². The third kappa shape index (κ3) is 4.93. The summed E-state index contributed by atoms with van der Waals surface area (Å²) in [4.78, 5) is 18.4. The molecule has 0 saturated carbocycles. The van der Waals surface area contributed by atoms with Crippen molar-refractivity contribution in [1.29, 1.82) is 0 Å². The molecule has 2 amide bonds. The fourth-order valence-electron chi connectivity index (χ4n) is 2.75. The Balaban J connectivity index is 0.00000225. The van der Waals surface area contributed by atoms with Crippen LogP contribution in [0.2, 0.25) is 0 Å². The van der Waals surface area contributed by atoms with Crippen molar-refractivity contribution in [1.82, 2.24) is 25.7 Å². The quantitative estimate of drug-likeness (QED) is 0.845. The van der Waals surface area contributed by atoms with Crippen molar-refractivity contribution < 1.29 is 9.32 Å². The van der Waals surface area contributed by atoms with E-state index in [-0.39, 0.29) is 31.0 Å². The van der Waals surface area contributed by atoms with E-state index in [9.17, 15) is 4.79 Å². The highest BCUT2D eigenvalue weighted by Gasteiger charge is 2.20. The lowest BCUT2D eigenvalue weighted by atomic mass is 10.0. The second-order valence-electron chi connectivity index (χ2n) is 6.10. The lowest BCUT2D eigenvalue weighted by molar-refractivity contribution is 0.190. The van der Waals surface area contributed by atoms with Crippen molar-refractivity contribution in [3.63, 3.8) is 0 Å². The highest BCUT2D eigenvalue weighted by molar-refractivity contribution is 5.85. The van der Waals surface area contributed by atoms with Crippen LogP contribution in [0, 0.1) is 0 Å². The van der Waals surface area contributed by atoms with Gasteiger partial charge in [-0.05, 0) is 31.5 Å². The molecule has 1 aliphatic heterocycles. The first-order valence-corrected chi connectivity index (χ1v) is 8.24. The van der Waals surface area contributed by atoms with Gasteiger partial charge in [-0.25, -0.2) is 4.79 Å². The zero-order valence-corrected chi connectivity index (χ0v) is 15.3. The van der Waals surface area contributed by atoms with Gasteiger partial charge in [-0.3, -0.25) is 0 Å². The molecule has 136 valence electrons. The molecule has 1 atom stereocenters. The van der Waals surface area contributed by atoms with Gasteiger partial charge in [-0.2, -0.15) is 4.98 Å². The highest BCUT2D eigenvalue weighted by atomic mass is 35.5. The SMILES string of the molecule is CNC(C)Cc1noc(CNC(=O)N2CCc3ccccc3C2)n1.Cl. The summed E-state index contributed by atoms with van der Waals surface area (Å²) in [6.07, 6.45) is 1.58. The van der Waals surface area contributed by atoms with E-state index < -0.39 is 0 Å². The number of urea groups is 1. The standard InChI is InChI=1S/C17H23N5O2.ClH/c1-12(18-2)9-15-20-16(24-21-15)10-19-17(23)22-8-7-13-5-3-4-6-14(13)11-22;/h3-6,12,18H,7-11H2,1-2H3,(H,19,23);1H. The summed E-state index contributed by atoms with van der Waals surface area (Å²) in [5, 5.41) is 9.91. The molecule has 7 nitrogen and oxygen atoms in total. The first-order chi connectivity index (χ1) is 11.7. The van der Waals surface area contributed by atoms with Gasteiger partial charge in [0.25, 0.3) is 0 Å². The Kier molecular flexibility index (Phi) is 6.78. The number of carbonyl (C=O) groups is 1. The van der Waals surface area contributed by atoms with Gasteiger partial charge < -0.3 is 20.1 Å². The van der Waals surface area contributed by atoms with E-state index >= 15 is 0 Å². The van der Waals surface area contributed by atoms with Crippen molar-refractivity contribution in [2.24, 2.45) is 0 Å². The molecule has 3 rings (SSSR count). The summed E-state index contributed by atoms with van der Waals surface area (Å²) in [5.74, 6) is 1.08. The summed E-state index contributed by atoms with van der Waals surface area (Å²) < 4.78 is 5.18. The van der Waals surface area contributed by atoms with Crippen LogP contribution < -0.4 is 10.6 Å². The maximum Gasteiger partial charge on any atom is 0.318 e. The maximum absolute atomic E-state index is 12.3. The topological polar surface area (TPSA) is 83.3 Å². The van der Waals surface area contributed by atoms with Gasteiger partial charge in [0.15, 0.2) is 5.82 Å². The Morgan fingerprint density at radius 2 is 2.12 bits per heavy atom. The number of aromatic nitrogens is 2. The molecule has 2 aromatic rings. The average Bonchev–Trinajstić information content (AvgIpc) is 3.06. The average molecular weight is 366 g/mol. The number of hydrogen-bond donors (Lipinski definition) is 2. The third-order valence-electron chi connectivity index (χ3n) is 4.30. The zero-order chi connectivity index (χ0) is 16.9. The molecule has 1 unspecified atom stereocenters. The fraction of sp³-hybridized carbons (Fsp3) is 0.471. The Labute approximate surface area is 153 Å². The third-order valence-corrected chi connectivity index (χ3v) is 4.30. The minimum atomic E-state index is -0.104. The van der Waals surface area contributed by atoms with Crippen LogP contribution in [0.25, 0.3) is 0 Å². The number of amides is 2. The van der Waals surface area contributed by atoms with E-state index in [1.807, 2.05) is 31.0 Å². The van der Waals surface area contributed by atoms with Gasteiger partial charge in [0.05, 0.1) is 6.54 Å². The molecule has 2 N–H and O–H groups in total. The second kappa shape index (κ2) is 8.82. The molecule has 0 saturated heterocycles. The molecule has 0 radical (unpaired) electrons. The molecule has 8 heteroatoms. The number of benzene rings is 1. The molecule has 0 bridgehead atoms. The highest BCUT2D eigenvalue weighted by Crippen LogP contribution is 2.18. The smallest absolute Gasteiger partial charge is 0.318 e. The van der Waals surface area contributed by atoms with Crippen LogP contribution in [-0.4, -0.2) is 40.7 Å². The van der Waals surface area contributed by atoms with Gasteiger partial charge in [-0.1, -0.05) is 29.4 Å². The van der Waals surface area contributed by atoms with Gasteiger partial charge in [0.1, 0.15) is 0 Å². The fourth-order valence-corrected chi connectivity index (χ4v) is 2.75. The monoisotopic (exact) mass is 365 g/mol. The van der Waals surface area contributed by atoms with E-state index in [1.165, 1.54) is 11.1 Å². The molecule has 1 aromatic heterocycles. The number of fused-ring (bicyclic) bond motifs is 1. The van der Waals surface area contributed by atoms with Crippen LogP contribution in [-0.2, 0) is 25.9 Å². The van der Waals surface area contributed by atoms with E-state index in [4.69, 9.17) is 4.52 Å². The van der Waals surface area contributed by atoms with E-state index in [0.717, 1.165) is 13.0 Å². The lowest BCUT2D eigenvalue weighted by Gasteiger charge is -2.28. The number of halogens is 1. The number of nitrogens with one attached hydrogen (secondary N) is 2. The summed E-state index contributed by atoms with van der Waals surface area (Å²) in [5.41, 5.74) is 2.53. The van der Waals surface area contributed by atoms with Crippen LogP contribution in [0.4, 0.5) is 4.79 Å². The minimum Gasteiger partial charge on any atom is -0.337 e. The Hall–Kier alpha value is -2.12. The van der Waals surface area contributed by atoms with Crippen molar-refractivity contribution in [3.8, 4) is 0 Å². The van der Waals surface area contributed by atoms with E-state index in [1.54, 1.807) is 0 Å². The molecule has 25 heavy (non-hydrogen) atoms. The minimum absolute atomic E-state index is 0. The maximum atomic E-state index is 12.3. The van der Waals surface area contributed by atoms with Crippen LogP contribution in [0.5, 0.6) is 0 Å². The Morgan fingerprint density at radius 1 is 1.36 bits per heavy atom. The van der Waals surface area contributed by atoms with Gasteiger partial charge >= 0.3 is 6.03 Å². The van der Waals surface area contributed by atoms with Crippen molar-refractivity contribution in [2.75, 3.05) is 13.6 Å². The number of nitrogens with zero attached hydrogens (tertiary/aromatic N) is 3. The van der Waals surface area contributed by atoms with Crippen molar-refractivity contribution in [3.05, 3.63) is 47.1 Å². The summed E-state index contributed by atoms with van der Waals surface area (Å²) in [7, 11) is 1.89. The predicted molar refractivity (Wildman–Crippen MR) is 96.6 cm³/mol. The molecule has 0 fully saturated rings. The van der Waals surface area contributed by atoms with Crippen LogP contribution >= 0.6 is 12.4 Å². The first-order valence-electron chi connectivity index (χ1n) is 8.24. The van der Waals surface area contributed by atoms with E-state index in [0.29, 0.717) is 24.7 Å². The molecule has 1 aromatic carbocycles. The summed E-state index contributed by atoms with van der Waals surface area (Å²) in [6.45, 7) is 3.65. The molecular weight excluding hydrogens is 342 g/mol. The van der Waals surface area contributed by atoms with Crippen molar-refractivity contribution >= 4 is 18.4 Å². The molecule has 1 aliphatic rings. The number of likely N-dealkylation sites (N-methyl/N-ethyl adjacent to an activating group) is 1. The normalized spacial score (nSPS) is 14.4. The largest absolute Gasteiger partial charge is 0.337 e. The summed E-state index contributed by atoms with van der Waals surface area (Å²) >= 11 is 0. The van der Waals surface area contributed by atoms with Gasteiger partial charge in [0, 0.05) is 25.6 Å². The predicted octanol–water partition coefficient (Wildman–Crippen LogP) is 1.91. The number of rotatable bonds is 5. The molecular formula is C17H24ClN5O2. The molecule has 0 spiro atoms. The number of carbonyl (C=O) groups excluding carboxylic acids is 1. The lowest BCUT2D eigenvalue weighted by Crippen LogP contribution is -2.42. The number of hydrogen-bond acceptors (Lipinski definition) is 5. The Bertz CT molecular complexity index is 706. The molecule has 2 heterocycles. The first kappa shape index (κ1) is 19.2. The zero-order valence-electron chi connectivity index (χ0n) is 14.5. The summed E-state index contributed by atoms with van der Waals surface area (Å²) in [6, 6.07) is 8.41.